The lowest BCUT2D eigenvalue weighted by Gasteiger charge is -2.34. The highest BCUT2D eigenvalue weighted by Crippen LogP contribution is 2.22. The number of hydrogen-bond donors (Lipinski definition) is 1. The predicted molar refractivity (Wildman–Crippen MR) is 76.2 cm³/mol. The molecule has 1 amide bonds. The van der Waals surface area contributed by atoms with E-state index in [4.69, 9.17) is 5.11 Å². The van der Waals surface area contributed by atoms with Gasteiger partial charge in [-0.3, -0.25) is 9.59 Å². The number of benzene rings is 1. The number of aliphatic carboxylic acids is 1. The van der Waals surface area contributed by atoms with E-state index in [0.29, 0.717) is 32.4 Å². The fourth-order valence-corrected chi connectivity index (χ4v) is 2.79. The van der Waals surface area contributed by atoms with Gasteiger partial charge in [-0.1, -0.05) is 37.3 Å². The zero-order valence-electron chi connectivity index (χ0n) is 11.8. The summed E-state index contributed by atoms with van der Waals surface area (Å²) in [6.45, 7) is 3.04. The third-order valence-electron chi connectivity index (χ3n) is 3.83. The fourth-order valence-electron chi connectivity index (χ4n) is 2.79. The Bertz CT molecular complexity index is 472. The first-order valence-electron chi connectivity index (χ1n) is 7.10. The van der Waals surface area contributed by atoms with Crippen LogP contribution >= 0.6 is 0 Å². The second kappa shape index (κ2) is 6.55. The summed E-state index contributed by atoms with van der Waals surface area (Å²) in [7, 11) is 0. The minimum absolute atomic E-state index is 0.0617. The number of hydrogen-bond acceptors (Lipinski definition) is 2. The fraction of sp³-hybridized carbons (Fsp3) is 0.500. The van der Waals surface area contributed by atoms with Crippen LogP contribution in [0, 0.1) is 11.8 Å². The number of carbonyl (C=O) groups is 2. The van der Waals surface area contributed by atoms with E-state index in [1.807, 2.05) is 37.3 Å². The SMILES string of the molecule is CC1CC(C(=O)O)CN(C(=O)CCc2ccccc2)C1. The summed E-state index contributed by atoms with van der Waals surface area (Å²) >= 11 is 0. The largest absolute Gasteiger partial charge is 0.481 e. The number of likely N-dealkylation sites (tertiary alicyclic amines) is 1. The number of piperidine rings is 1. The Morgan fingerprint density at radius 3 is 2.60 bits per heavy atom. The molecule has 1 N–H and O–H groups in total. The van der Waals surface area contributed by atoms with E-state index in [9.17, 15) is 9.59 Å². The number of carboxylic acid groups (broad SMARTS) is 1. The molecule has 0 bridgehead atoms. The van der Waals surface area contributed by atoms with Crippen LogP contribution in [0.5, 0.6) is 0 Å². The second-order valence-corrected chi connectivity index (χ2v) is 5.66. The number of carbonyl (C=O) groups excluding carboxylic acids is 1. The standard InChI is InChI=1S/C16H21NO3/c1-12-9-14(16(19)20)11-17(10-12)15(18)8-7-13-5-3-2-4-6-13/h2-6,12,14H,7-11H2,1H3,(H,19,20). The Morgan fingerprint density at radius 2 is 1.95 bits per heavy atom. The number of carboxylic acids is 1. The summed E-state index contributed by atoms with van der Waals surface area (Å²) < 4.78 is 0. The van der Waals surface area contributed by atoms with Crippen molar-refractivity contribution < 1.29 is 14.7 Å². The van der Waals surface area contributed by atoms with Crippen molar-refractivity contribution >= 4 is 11.9 Å². The molecule has 2 rings (SSSR count). The van der Waals surface area contributed by atoms with Gasteiger partial charge in [-0.2, -0.15) is 0 Å². The van der Waals surface area contributed by atoms with E-state index in [1.165, 1.54) is 0 Å². The summed E-state index contributed by atoms with van der Waals surface area (Å²) in [4.78, 5) is 25.0. The molecule has 0 saturated carbocycles. The zero-order chi connectivity index (χ0) is 14.5. The molecule has 1 aliphatic rings. The third kappa shape index (κ3) is 3.83. The molecule has 1 aromatic carbocycles. The summed E-state index contributed by atoms with van der Waals surface area (Å²) in [6.07, 6.45) is 1.82. The number of nitrogens with zero attached hydrogens (tertiary/aromatic N) is 1. The van der Waals surface area contributed by atoms with Gasteiger partial charge in [-0.25, -0.2) is 0 Å². The van der Waals surface area contributed by atoms with Crippen LogP contribution in [0.3, 0.4) is 0 Å². The molecule has 0 radical (unpaired) electrons. The molecule has 0 spiro atoms. The van der Waals surface area contributed by atoms with Crippen LogP contribution in [0.1, 0.15) is 25.3 Å². The molecule has 1 saturated heterocycles. The van der Waals surface area contributed by atoms with E-state index >= 15 is 0 Å². The highest BCUT2D eigenvalue weighted by molar-refractivity contribution is 5.78. The van der Waals surface area contributed by atoms with Crippen molar-refractivity contribution in [2.45, 2.75) is 26.2 Å². The number of aryl methyl sites for hydroxylation is 1. The molecule has 4 heteroatoms. The van der Waals surface area contributed by atoms with Crippen molar-refractivity contribution in [3.63, 3.8) is 0 Å². The lowest BCUT2D eigenvalue weighted by atomic mass is 9.90. The molecule has 4 nitrogen and oxygen atoms in total. The maximum absolute atomic E-state index is 12.2. The maximum atomic E-state index is 12.2. The summed E-state index contributed by atoms with van der Waals surface area (Å²) in [5.74, 6) is -0.894. The maximum Gasteiger partial charge on any atom is 0.308 e. The molecule has 20 heavy (non-hydrogen) atoms. The zero-order valence-corrected chi connectivity index (χ0v) is 11.8. The van der Waals surface area contributed by atoms with E-state index in [-0.39, 0.29) is 11.8 Å². The van der Waals surface area contributed by atoms with Gasteiger partial charge in [0.1, 0.15) is 0 Å². The van der Waals surface area contributed by atoms with E-state index in [0.717, 1.165) is 5.56 Å². The van der Waals surface area contributed by atoms with Gasteiger partial charge in [0.05, 0.1) is 5.92 Å². The molecule has 2 atom stereocenters. The minimum Gasteiger partial charge on any atom is -0.481 e. The van der Waals surface area contributed by atoms with Gasteiger partial charge in [0.2, 0.25) is 5.91 Å². The molecule has 1 fully saturated rings. The molecular weight excluding hydrogens is 254 g/mol. The molecule has 1 aromatic rings. The first-order chi connectivity index (χ1) is 9.56. The van der Waals surface area contributed by atoms with Crippen LogP contribution in [0.4, 0.5) is 0 Å². The molecule has 1 aliphatic heterocycles. The smallest absolute Gasteiger partial charge is 0.308 e. The first kappa shape index (κ1) is 14.6. The minimum atomic E-state index is -0.794. The van der Waals surface area contributed by atoms with Gasteiger partial charge < -0.3 is 10.0 Å². The normalized spacial score (nSPS) is 22.6. The Balaban J connectivity index is 1.90. The van der Waals surface area contributed by atoms with Gasteiger partial charge in [0.15, 0.2) is 0 Å². The van der Waals surface area contributed by atoms with Crippen LogP contribution in [0.15, 0.2) is 30.3 Å². The van der Waals surface area contributed by atoms with Crippen molar-refractivity contribution in [1.29, 1.82) is 0 Å². The van der Waals surface area contributed by atoms with E-state index < -0.39 is 11.9 Å². The highest BCUT2D eigenvalue weighted by Gasteiger charge is 2.31. The Kier molecular flexibility index (Phi) is 4.77. The molecule has 108 valence electrons. The Morgan fingerprint density at radius 1 is 1.25 bits per heavy atom. The predicted octanol–water partition coefficient (Wildman–Crippen LogP) is 2.19. The first-order valence-corrected chi connectivity index (χ1v) is 7.10. The van der Waals surface area contributed by atoms with Crippen LogP contribution in [0.25, 0.3) is 0 Å². The highest BCUT2D eigenvalue weighted by atomic mass is 16.4. The molecule has 0 aromatic heterocycles. The van der Waals surface area contributed by atoms with E-state index in [1.54, 1.807) is 4.90 Å². The average Bonchev–Trinajstić information content (AvgIpc) is 2.45. The number of amides is 1. The number of rotatable bonds is 4. The molecule has 1 heterocycles. The summed E-state index contributed by atoms with van der Waals surface area (Å²) in [5, 5.41) is 9.13. The van der Waals surface area contributed by atoms with Crippen molar-refractivity contribution in [2.75, 3.05) is 13.1 Å². The average molecular weight is 275 g/mol. The van der Waals surface area contributed by atoms with Gasteiger partial charge in [0, 0.05) is 19.5 Å². The van der Waals surface area contributed by atoms with E-state index in [2.05, 4.69) is 0 Å². The van der Waals surface area contributed by atoms with Crippen molar-refractivity contribution in [2.24, 2.45) is 11.8 Å². The van der Waals surface area contributed by atoms with Crippen LogP contribution in [-0.2, 0) is 16.0 Å². The van der Waals surface area contributed by atoms with Crippen molar-refractivity contribution in [3.8, 4) is 0 Å². The van der Waals surface area contributed by atoms with Crippen LogP contribution in [0.2, 0.25) is 0 Å². The molecular formula is C16H21NO3. The van der Waals surface area contributed by atoms with Gasteiger partial charge in [-0.15, -0.1) is 0 Å². The van der Waals surface area contributed by atoms with Crippen molar-refractivity contribution in [1.82, 2.24) is 4.90 Å². The summed E-state index contributed by atoms with van der Waals surface area (Å²) in [5.41, 5.74) is 1.14. The molecule has 0 aliphatic carbocycles. The van der Waals surface area contributed by atoms with Crippen molar-refractivity contribution in [3.05, 3.63) is 35.9 Å². The lowest BCUT2D eigenvalue weighted by molar-refractivity contribution is -0.146. The quantitative estimate of drug-likeness (QED) is 0.916. The van der Waals surface area contributed by atoms with Crippen LogP contribution < -0.4 is 0 Å². The Hall–Kier alpha value is -1.84. The lowest BCUT2D eigenvalue weighted by Crippen LogP contribution is -2.45. The third-order valence-corrected chi connectivity index (χ3v) is 3.83. The Labute approximate surface area is 119 Å². The van der Waals surface area contributed by atoms with Gasteiger partial charge >= 0.3 is 5.97 Å². The topological polar surface area (TPSA) is 57.6 Å². The van der Waals surface area contributed by atoms with Gasteiger partial charge in [-0.05, 0) is 24.3 Å². The summed E-state index contributed by atoms with van der Waals surface area (Å²) in [6, 6.07) is 9.89. The van der Waals surface area contributed by atoms with Crippen LogP contribution in [-0.4, -0.2) is 35.0 Å². The monoisotopic (exact) mass is 275 g/mol. The van der Waals surface area contributed by atoms with Gasteiger partial charge in [0.25, 0.3) is 0 Å². The second-order valence-electron chi connectivity index (χ2n) is 5.66. The molecule has 2 unspecified atom stereocenters.